The topological polar surface area (TPSA) is 69.6 Å². The standard InChI is InChI=1S/C19H23NO3/c1-15(17-12-6-3-7-13-17)20-19(23,18(21)22)14-8-11-16-9-4-2-5-10-16/h2-7,9-10,12-13,15,20,23H,8,11,14H2,1H3,(H,21,22)/t15?,19-/m1/s1. The Balaban J connectivity index is 1.97. The summed E-state index contributed by atoms with van der Waals surface area (Å²) in [5.41, 5.74) is 0.149. The van der Waals surface area contributed by atoms with Crippen LogP contribution in [-0.4, -0.2) is 21.9 Å². The first-order chi connectivity index (χ1) is 11.0. The highest BCUT2D eigenvalue weighted by Gasteiger charge is 2.36. The van der Waals surface area contributed by atoms with E-state index in [4.69, 9.17) is 0 Å². The fourth-order valence-electron chi connectivity index (χ4n) is 2.62. The molecule has 0 amide bonds. The van der Waals surface area contributed by atoms with Crippen LogP contribution in [0.2, 0.25) is 0 Å². The lowest BCUT2D eigenvalue weighted by molar-refractivity contribution is -0.164. The highest BCUT2D eigenvalue weighted by molar-refractivity contribution is 5.76. The first kappa shape index (κ1) is 17.2. The molecule has 2 aromatic carbocycles. The summed E-state index contributed by atoms with van der Waals surface area (Å²) in [5.74, 6) is -1.24. The first-order valence-corrected chi connectivity index (χ1v) is 7.83. The molecule has 0 bridgehead atoms. The highest BCUT2D eigenvalue weighted by Crippen LogP contribution is 2.20. The number of aliphatic carboxylic acids is 1. The summed E-state index contributed by atoms with van der Waals surface area (Å²) in [7, 11) is 0. The van der Waals surface area contributed by atoms with Gasteiger partial charge in [0, 0.05) is 12.5 Å². The fourth-order valence-corrected chi connectivity index (χ4v) is 2.62. The van der Waals surface area contributed by atoms with Gasteiger partial charge in [-0.2, -0.15) is 0 Å². The molecule has 2 aromatic rings. The van der Waals surface area contributed by atoms with E-state index in [2.05, 4.69) is 5.32 Å². The average Bonchev–Trinajstić information content (AvgIpc) is 2.56. The first-order valence-electron chi connectivity index (χ1n) is 7.83. The minimum Gasteiger partial charge on any atom is -0.478 e. The zero-order valence-electron chi connectivity index (χ0n) is 13.3. The number of carboxylic acid groups (broad SMARTS) is 1. The van der Waals surface area contributed by atoms with Crippen molar-refractivity contribution in [3.63, 3.8) is 0 Å². The Morgan fingerprint density at radius 2 is 1.65 bits per heavy atom. The third-order valence-electron chi connectivity index (χ3n) is 3.96. The summed E-state index contributed by atoms with van der Waals surface area (Å²) in [6, 6.07) is 19.1. The van der Waals surface area contributed by atoms with Crippen molar-refractivity contribution in [2.75, 3.05) is 0 Å². The van der Waals surface area contributed by atoms with Gasteiger partial charge in [0.2, 0.25) is 5.72 Å². The van der Waals surface area contributed by atoms with Gasteiger partial charge in [-0.25, -0.2) is 4.79 Å². The summed E-state index contributed by atoms with van der Waals surface area (Å²) in [6.45, 7) is 1.85. The van der Waals surface area contributed by atoms with Crippen LogP contribution in [0.25, 0.3) is 0 Å². The number of aryl methyl sites for hydroxylation is 1. The molecule has 0 saturated heterocycles. The second-order valence-electron chi connectivity index (χ2n) is 5.78. The van der Waals surface area contributed by atoms with E-state index < -0.39 is 11.7 Å². The molecule has 122 valence electrons. The number of aliphatic hydroxyl groups is 1. The molecule has 0 aliphatic rings. The Kier molecular flexibility index (Phi) is 5.90. The summed E-state index contributed by atoms with van der Waals surface area (Å²) >= 11 is 0. The van der Waals surface area contributed by atoms with E-state index in [9.17, 15) is 15.0 Å². The van der Waals surface area contributed by atoms with Crippen LogP contribution in [0.1, 0.15) is 36.9 Å². The number of rotatable bonds is 8. The molecule has 4 heteroatoms. The fraction of sp³-hybridized carbons (Fsp3) is 0.316. The van der Waals surface area contributed by atoms with E-state index in [-0.39, 0.29) is 12.5 Å². The minimum atomic E-state index is -1.93. The second kappa shape index (κ2) is 7.90. The lowest BCUT2D eigenvalue weighted by Crippen LogP contribution is -2.53. The summed E-state index contributed by atoms with van der Waals surface area (Å²) in [4.78, 5) is 11.5. The molecule has 0 spiro atoms. The van der Waals surface area contributed by atoms with Crippen molar-refractivity contribution in [3.8, 4) is 0 Å². The van der Waals surface area contributed by atoms with Crippen molar-refractivity contribution in [2.45, 2.75) is 38.0 Å². The van der Waals surface area contributed by atoms with Crippen molar-refractivity contribution >= 4 is 5.97 Å². The van der Waals surface area contributed by atoms with E-state index in [0.29, 0.717) is 6.42 Å². The van der Waals surface area contributed by atoms with E-state index in [0.717, 1.165) is 17.5 Å². The maximum Gasteiger partial charge on any atom is 0.351 e. The lowest BCUT2D eigenvalue weighted by atomic mass is 10.00. The number of benzene rings is 2. The van der Waals surface area contributed by atoms with E-state index in [1.807, 2.05) is 67.6 Å². The van der Waals surface area contributed by atoms with Gasteiger partial charge in [-0.15, -0.1) is 0 Å². The van der Waals surface area contributed by atoms with E-state index in [1.54, 1.807) is 0 Å². The monoisotopic (exact) mass is 313 g/mol. The Morgan fingerprint density at radius 1 is 1.09 bits per heavy atom. The zero-order chi connectivity index (χ0) is 16.7. The van der Waals surface area contributed by atoms with Gasteiger partial charge < -0.3 is 10.2 Å². The predicted molar refractivity (Wildman–Crippen MR) is 90.0 cm³/mol. The van der Waals surface area contributed by atoms with Crippen LogP contribution in [0.4, 0.5) is 0 Å². The van der Waals surface area contributed by atoms with Crippen molar-refractivity contribution < 1.29 is 15.0 Å². The van der Waals surface area contributed by atoms with Crippen LogP contribution >= 0.6 is 0 Å². The van der Waals surface area contributed by atoms with Gasteiger partial charge in [-0.05, 0) is 30.9 Å². The smallest absolute Gasteiger partial charge is 0.351 e. The number of carboxylic acids is 1. The molecule has 0 aromatic heterocycles. The number of hydrogen-bond acceptors (Lipinski definition) is 3. The summed E-state index contributed by atoms with van der Waals surface area (Å²) in [6.07, 6.45) is 1.47. The van der Waals surface area contributed by atoms with Crippen molar-refractivity contribution in [1.29, 1.82) is 0 Å². The molecule has 23 heavy (non-hydrogen) atoms. The maximum absolute atomic E-state index is 11.5. The molecule has 3 N–H and O–H groups in total. The number of carbonyl (C=O) groups is 1. The van der Waals surface area contributed by atoms with E-state index >= 15 is 0 Å². The van der Waals surface area contributed by atoms with Crippen molar-refractivity contribution in [3.05, 3.63) is 71.8 Å². The number of hydrogen-bond donors (Lipinski definition) is 3. The molecule has 0 heterocycles. The third kappa shape index (κ3) is 4.91. The third-order valence-corrected chi connectivity index (χ3v) is 3.96. The second-order valence-corrected chi connectivity index (χ2v) is 5.78. The van der Waals surface area contributed by atoms with Crippen LogP contribution in [-0.2, 0) is 11.2 Å². The molecule has 0 aliphatic carbocycles. The Labute approximate surface area is 136 Å². The van der Waals surface area contributed by atoms with Crippen LogP contribution in [0.5, 0.6) is 0 Å². The van der Waals surface area contributed by atoms with Gasteiger partial charge in [0.05, 0.1) is 0 Å². The lowest BCUT2D eigenvalue weighted by Gasteiger charge is -2.29. The quantitative estimate of drug-likeness (QED) is 0.655. The van der Waals surface area contributed by atoms with Gasteiger partial charge in [-0.1, -0.05) is 60.7 Å². The van der Waals surface area contributed by atoms with Gasteiger partial charge >= 0.3 is 5.97 Å². The minimum absolute atomic E-state index is 0.147. The largest absolute Gasteiger partial charge is 0.478 e. The van der Waals surface area contributed by atoms with Crippen LogP contribution in [0.3, 0.4) is 0 Å². The zero-order valence-corrected chi connectivity index (χ0v) is 13.3. The maximum atomic E-state index is 11.5. The Morgan fingerprint density at radius 3 is 2.22 bits per heavy atom. The summed E-state index contributed by atoms with van der Waals surface area (Å²) < 4.78 is 0. The Bertz CT molecular complexity index is 615. The van der Waals surface area contributed by atoms with Crippen molar-refractivity contribution in [2.24, 2.45) is 0 Å². The van der Waals surface area contributed by atoms with Crippen LogP contribution in [0, 0.1) is 0 Å². The van der Waals surface area contributed by atoms with Crippen molar-refractivity contribution in [1.82, 2.24) is 5.32 Å². The highest BCUT2D eigenvalue weighted by atomic mass is 16.4. The van der Waals surface area contributed by atoms with Gasteiger partial charge in [0.15, 0.2) is 0 Å². The molecular weight excluding hydrogens is 290 g/mol. The molecule has 2 atom stereocenters. The normalized spacial score (nSPS) is 14.9. The molecule has 0 saturated carbocycles. The van der Waals surface area contributed by atoms with Crippen LogP contribution < -0.4 is 5.32 Å². The molecule has 2 rings (SSSR count). The van der Waals surface area contributed by atoms with Crippen LogP contribution in [0.15, 0.2) is 60.7 Å². The molecule has 1 unspecified atom stereocenters. The van der Waals surface area contributed by atoms with E-state index in [1.165, 1.54) is 0 Å². The molecule has 0 aliphatic heterocycles. The summed E-state index contributed by atoms with van der Waals surface area (Å²) in [5, 5.41) is 22.8. The van der Waals surface area contributed by atoms with Gasteiger partial charge in [-0.3, -0.25) is 5.32 Å². The molecule has 0 fully saturated rings. The van der Waals surface area contributed by atoms with Gasteiger partial charge in [0.25, 0.3) is 0 Å². The predicted octanol–water partition coefficient (Wildman–Crippen LogP) is 3.13. The molecule has 0 radical (unpaired) electrons. The number of nitrogens with one attached hydrogen (secondary N) is 1. The van der Waals surface area contributed by atoms with Gasteiger partial charge in [0.1, 0.15) is 0 Å². The SMILES string of the molecule is CC(N[C@@](O)(CCCc1ccccc1)C(=O)O)c1ccccc1. The molecule has 4 nitrogen and oxygen atoms in total. The average molecular weight is 313 g/mol. The Hall–Kier alpha value is -2.17. The molecular formula is C19H23NO3.